The van der Waals surface area contributed by atoms with Crippen LogP contribution in [0.3, 0.4) is 0 Å². The molecule has 0 aromatic heterocycles. The second kappa shape index (κ2) is 8.78. The Bertz CT molecular complexity index is 896. The molecule has 0 aliphatic carbocycles. The van der Waals surface area contributed by atoms with Crippen LogP contribution in [0.25, 0.3) is 0 Å². The Labute approximate surface area is 164 Å². The molecule has 8 heteroatoms. The topological polar surface area (TPSA) is 116 Å². The van der Waals surface area contributed by atoms with E-state index in [0.717, 1.165) is 22.3 Å². The molecule has 4 N–H and O–H groups in total. The van der Waals surface area contributed by atoms with Crippen LogP contribution in [0.1, 0.15) is 46.5 Å². The average Bonchev–Trinajstić information content (AvgIpc) is 2.56. The van der Waals surface area contributed by atoms with Gasteiger partial charge in [-0.25, -0.2) is 0 Å². The van der Waals surface area contributed by atoms with Gasteiger partial charge in [0.05, 0.1) is 5.56 Å². The largest absolute Gasteiger partial charge is 0.507 e. The molecule has 0 spiro atoms. The van der Waals surface area contributed by atoms with Gasteiger partial charge in [-0.2, -0.15) is 0 Å². The molecule has 152 valence electrons. The van der Waals surface area contributed by atoms with Gasteiger partial charge in [0.1, 0.15) is 11.5 Å². The minimum absolute atomic E-state index is 0.0410. The van der Waals surface area contributed by atoms with E-state index >= 15 is 0 Å². The standard InChI is InChI=1S/C20H26NO6P/c1-12(2)21-20(23)18-10-15(5-6-19(18)22)9-17-13(3)7-16(8-14(17)4)27-11-28(24,25)26/h5-8,10,12,22H,9,11H2,1-4H3,(H,21,23)(H2,24,25,26). The Morgan fingerprint density at radius 2 is 1.75 bits per heavy atom. The zero-order chi connectivity index (χ0) is 21.1. The summed E-state index contributed by atoms with van der Waals surface area (Å²) in [6, 6.07) is 8.35. The molecule has 2 aromatic carbocycles. The first-order valence-corrected chi connectivity index (χ1v) is 10.7. The van der Waals surface area contributed by atoms with Gasteiger partial charge in [0, 0.05) is 6.04 Å². The maximum absolute atomic E-state index is 12.3. The fraction of sp³-hybridized carbons (Fsp3) is 0.350. The molecule has 1 amide bonds. The van der Waals surface area contributed by atoms with Crippen LogP contribution < -0.4 is 10.1 Å². The lowest BCUT2D eigenvalue weighted by Crippen LogP contribution is -2.30. The van der Waals surface area contributed by atoms with Gasteiger partial charge in [0.2, 0.25) is 0 Å². The van der Waals surface area contributed by atoms with Crippen molar-refractivity contribution in [3.8, 4) is 11.5 Å². The smallest absolute Gasteiger partial charge is 0.362 e. The average molecular weight is 407 g/mol. The van der Waals surface area contributed by atoms with E-state index in [2.05, 4.69) is 5.32 Å². The van der Waals surface area contributed by atoms with Gasteiger partial charge >= 0.3 is 7.60 Å². The Morgan fingerprint density at radius 1 is 1.14 bits per heavy atom. The SMILES string of the molecule is Cc1cc(OCP(=O)(O)O)cc(C)c1Cc1ccc(O)c(C(=O)NC(C)C)c1. The predicted octanol–water partition coefficient (Wildman–Crippen LogP) is 3.25. The molecule has 2 rings (SSSR count). The van der Waals surface area contributed by atoms with Gasteiger partial charge in [-0.05, 0) is 80.6 Å². The third-order valence-electron chi connectivity index (χ3n) is 4.18. The molecule has 0 heterocycles. The van der Waals surface area contributed by atoms with Gasteiger partial charge < -0.3 is 24.9 Å². The second-order valence-electron chi connectivity index (χ2n) is 7.13. The van der Waals surface area contributed by atoms with Crippen molar-refractivity contribution in [3.05, 3.63) is 58.1 Å². The zero-order valence-corrected chi connectivity index (χ0v) is 17.3. The van der Waals surface area contributed by atoms with E-state index in [1.807, 2.05) is 27.7 Å². The van der Waals surface area contributed by atoms with Crippen molar-refractivity contribution in [2.75, 3.05) is 6.35 Å². The van der Waals surface area contributed by atoms with E-state index in [1.54, 1.807) is 24.3 Å². The normalized spacial score (nSPS) is 11.5. The summed E-state index contributed by atoms with van der Waals surface area (Å²) in [4.78, 5) is 30.2. The monoisotopic (exact) mass is 407 g/mol. The van der Waals surface area contributed by atoms with E-state index in [-0.39, 0.29) is 23.3 Å². The molecule has 0 unspecified atom stereocenters. The van der Waals surface area contributed by atoms with Crippen molar-refractivity contribution >= 4 is 13.5 Å². The lowest BCUT2D eigenvalue weighted by atomic mass is 9.94. The number of nitrogens with one attached hydrogen (secondary N) is 1. The molecule has 7 nitrogen and oxygen atoms in total. The summed E-state index contributed by atoms with van der Waals surface area (Å²) in [6.07, 6.45) is -0.129. The van der Waals surface area contributed by atoms with Crippen molar-refractivity contribution in [1.29, 1.82) is 0 Å². The maximum atomic E-state index is 12.3. The third-order valence-corrected chi connectivity index (χ3v) is 4.64. The Hall–Kier alpha value is -2.34. The van der Waals surface area contributed by atoms with Crippen LogP contribution >= 0.6 is 7.60 Å². The number of aromatic hydroxyl groups is 1. The number of carbonyl (C=O) groups excluding carboxylic acids is 1. The van der Waals surface area contributed by atoms with Crippen LogP contribution in [0.4, 0.5) is 0 Å². The number of hydrogen-bond donors (Lipinski definition) is 4. The first kappa shape index (κ1) is 22.0. The molecule has 0 fully saturated rings. The number of benzene rings is 2. The molecule has 0 aliphatic heterocycles. The van der Waals surface area contributed by atoms with Gasteiger partial charge in [0.15, 0.2) is 6.35 Å². The number of amides is 1. The minimum atomic E-state index is -4.24. The molecule has 0 saturated heterocycles. The first-order valence-electron chi connectivity index (χ1n) is 8.86. The van der Waals surface area contributed by atoms with Crippen LogP contribution in [0.5, 0.6) is 11.5 Å². The number of rotatable bonds is 7. The summed E-state index contributed by atoms with van der Waals surface area (Å²) >= 11 is 0. The van der Waals surface area contributed by atoms with Crippen LogP contribution in [0, 0.1) is 13.8 Å². The van der Waals surface area contributed by atoms with Crippen molar-refractivity contribution in [2.24, 2.45) is 0 Å². The Balaban J connectivity index is 2.26. The van der Waals surface area contributed by atoms with E-state index in [1.165, 1.54) is 6.07 Å². The third kappa shape index (κ3) is 6.09. The van der Waals surface area contributed by atoms with E-state index < -0.39 is 13.9 Å². The van der Waals surface area contributed by atoms with Crippen molar-refractivity contribution < 1.29 is 29.0 Å². The Kier molecular flexibility index (Phi) is 6.88. The highest BCUT2D eigenvalue weighted by Crippen LogP contribution is 2.35. The summed E-state index contributed by atoms with van der Waals surface area (Å²) in [6.45, 7) is 7.47. The lowest BCUT2D eigenvalue weighted by Gasteiger charge is -2.15. The molecule has 28 heavy (non-hydrogen) atoms. The summed E-state index contributed by atoms with van der Waals surface area (Å²) in [5, 5.41) is 12.8. The summed E-state index contributed by atoms with van der Waals surface area (Å²) in [5.41, 5.74) is 3.92. The van der Waals surface area contributed by atoms with E-state index in [4.69, 9.17) is 14.5 Å². The molecule has 0 radical (unpaired) electrons. The van der Waals surface area contributed by atoms with E-state index in [9.17, 15) is 14.5 Å². The van der Waals surface area contributed by atoms with Crippen LogP contribution in [-0.2, 0) is 11.0 Å². The predicted molar refractivity (Wildman–Crippen MR) is 107 cm³/mol. The zero-order valence-electron chi connectivity index (χ0n) is 16.4. The minimum Gasteiger partial charge on any atom is -0.507 e. The highest BCUT2D eigenvalue weighted by atomic mass is 31.2. The van der Waals surface area contributed by atoms with Crippen LogP contribution in [0.15, 0.2) is 30.3 Å². The number of aryl methyl sites for hydroxylation is 2. The highest BCUT2D eigenvalue weighted by molar-refractivity contribution is 7.51. The van der Waals surface area contributed by atoms with Crippen molar-refractivity contribution in [1.82, 2.24) is 5.32 Å². The summed E-state index contributed by atoms with van der Waals surface area (Å²) in [5.74, 6) is -0.00899. The van der Waals surface area contributed by atoms with Crippen molar-refractivity contribution in [2.45, 2.75) is 40.2 Å². The Morgan fingerprint density at radius 3 is 2.29 bits per heavy atom. The van der Waals surface area contributed by atoms with Gasteiger partial charge in [-0.1, -0.05) is 6.07 Å². The quantitative estimate of drug-likeness (QED) is 0.524. The summed E-state index contributed by atoms with van der Waals surface area (Å²) in [7, 11) is -4.24. The summed E-state index contributed by atoms with van der Waals surface area (Å²) < 4.78 is 16.2. The molecule has 0 atom stereocenters. The van der Waals surface area contributed by atoms with Gasteiger partial charge in [-0.3, -0.25) is 9.36 Å². The number of phenols is 1. The lowest BCUT2D eigenvalue weighted by molar-refractivity contribution is 0.0940. The van der Waals surface area contributed by atoms with Crippen LogP contribution in [0.2, 0.25) is 0 Å². The van der Waals surface area contributed by atoms with Gasteiger partial charge in [-0.15, -0.1) is 0 Å². The fourth-order valence-electron chi connectivity index (χ4n) is 2.89. The number of carbonyl (C=O) groups is 1. The van der Waals surface area contributed by atoms with Gasteiger partial charge in [0.25, 0.3) is 5.91 Å². The van der Waals surface area contributed by atoms with Crippen molar-refractivity contribution in [3.63, 3.8) is 0 Å². The highest BCUT2D eigenvalue weighted by Gasteiger charge is 2.16. The number of ether oxygens (including phenoxy) is 1. The maximum Gasteiger partial charge on any atom is 0.362 e. The molecule has 0 saturated carbocycles. The molecule has 0 bridgehead atoms. The number of hydrogen-bond acceptors (Lipinski definition) is 4. The molecular formula is C20H26NO6P. The van der Waals surface area contributed by atoms with E-state index in [0.29, 0.717) is 12.2 Å². The van der Waals surface area contributed by atoms with Crippen LogP contribution in [-0.4, -0.2) is 33.2 Å². The molecular weight excluding hydrogens is 381 g/mol. The second-order valence-corrected chi connectivity index (χ2v) is 8.72. The molecule has 2 aromatic rings. The molecule has 0 aliphatic rings. The number of phenolic OH excluding ortho intramolecular Hbond substituents is 1. The fourth-order valence-corrected chi connectivity index (χ4v) is 3.21. The first-order chi connectivity index (χ1) is 13.0.